The lowest BCUT2D eigenvalue weighted by molar-refractivity contribution is 0.699. The molecule has 0 atom stereocenters. The molecule has 4 aromatic carbocycles. The fraction of sp³-hybridized carbons (Fsp3) is 0.154. The third-order valence-corrected chi connectivity index (χ3v) is 4.86. The van der Waals surface area contributed by atoms with E-state index in [9.17, 15) is 0 Å². The van der Waals surface area contributed by atoms with Crippen LogP contribution in [0.5, 0.6) is 0 Å². The van der Waals surface area contributed by atoms with Gasteiger partial charge in [0.25, 0.3) is 0 Å². The molecule has 0 heterocycles. The van der Waals surface area contributed by atoms with Gasteiger partial charge in [-0.05, 0) is 44.8 Å². The number of benzene rings is 4. The molecule has 4 rings (SSSR count). The van der Waals surface area contributed by atoms with Gasteiger partial charge in [0.05, 0.1) is 13.1 Å². The Bertz CT molecular complexity index is 1050. The van der Waals surface area contributed by atoms with Crippen LogP contribution in [0.4, 0.5) is 0 Å². The number of rotatable bonds is 8. The Balaban J connectivity index is 1.16. The fourth-order valence-corrected chi connectivity index (χ4v) is 3.33. The number of fused-ring (bicyclic) bond motifs is 2. The first-order valence-electron chi connectivity index (χ1n) is 10.1. The maximum atomic E-state index is 4.52. The molecule has 0 saturated carbocycles. The molecule has 0 aliphatic carbocycles. The summed E-state index contributed by atoms with van der Waals surface area (Å²) in [5.74, 6) is 0. The molecule has 0 unspecified atom stereocenters. The summed E-state index contributed by atoms with van der Waals surface area (Å²) in [4.78, 5) is 9.03. The van der Waals surface area contributed by atoms with Crippen molar-refractivity contribution in [1.82, 2.24) is 5.32 Å². The average Bonchev–Trinajstić information content (AvgIpc) is 2.77. The zero-order valence-electron chi connectivity index (χ0n) is 16.5. The van der Waals surface area contributed by atoms with Crippen LogP contribution < -0.4 is 5.32 Å². The first-order chi connectivity index (χ1) is 14.4. The SMILES string of the molecule is C(=NCCNCCN=Cc1ccc2ccccc2c1)c1ccc2ccccc2c1. The summed E-state index contributed by atoms with van der Waals surface area (Å²) < 4.78 is 0. The van der Waals surface area contributed by atoms with Crippen molar-refractivity contribution in [3.05, 3.63) is 96.1 Å². The van der Waals surface area contributed by atoms with Gasteiger partial charge in [-0.2, -0.15) is 0 Å². The molecule has 0 radical (unpaired) electrons. The molecule has 0 amide bonds. The van der Waals surface area contributed by atoms with E-state index in [1.54, 1.807) is 0 Å². The lowest BCUT2D eigenvalue weighted by Crippen LogP contribution is -2.20. The number of nitrogens with one attached hydrogen (secondary N) is 1. The monoisotopic (exact) mass is 379 g/mol. The standard InChI is InChI=1S/C26H25N3/c1-3-7-25-17-21(9-11-23(25)5-1)19-28-15-13-27-14-16-29-20-22-10-12-24-6-2-4-8-26(24)18-22/h1-12,17-20,27H,13-16H2. The molecule has 0 fully saturated rings. The van der Waals surface area contributed by atoms with Crippen molar-refractivity contribution in [1.29, 1.82) is 0 Å². The van der Waals surface area contributed by atoms with Crippen LogP contribution in [-0.2, 0) is 0 Å². The highest BCUT2D eigenvalue weighted by Gasteiger charge is 1.94. The van der Waals surface area contributed by atoms with E-state index in [-0.39, 0.29) is 0 Å². The van der Waals surface area contributed by atoms with Gasteiger partial charge < -0.3 is 5.32 Å². The summed E-state index contributed by atoms with van der Waals surface area (Å²) in [6.07, 6.45) is 3.90. The van der Waals surface area contributed by atoms with Gasteiger partial charge in [0, 0.05) is 25.5 Å². The third-order valence-electron chi connectivity index (χ3n) is 4.86. The van der Waals surface area contributed by atoms with Crippen molar-refractivity contribution in [2.75, 3.05) is 26.2 Å². The molecule has 0 aliphatic heterocycles. The zero-order chi connectivity index (χ0) is 19.7. The minimum Gasteiger partial charge on any atom is -0.313 e. The van der Waals surface area contributed by atoms with Crippen molar-refractivity contribution in [2.24, 2.45) is 9.98 Å². The van der Waals surface area contributed by atoms with E-state index < -0.39 is 0 Å². The second kappa shape index (κ2) is 9.76. The highest BCUT2D eigenvalue weighted by atomic mass is 14.9. The molecule has 0 aliphatic rings. The number of hydrogen-bond donors (Lipinski definition) is 1. The number of nitrogens with zero attached hydrogens (tertiary/aromatic N) is 2. The molecule has 0 bridgehead atoms. The van der Waals surface area contributed by atoms with Crippen molar-refractivity contribution in [2.45, 2.75) is 0 Å². The van der Waals surface area contributed by atoms with E-state index in [0.29, 0.717) is 0 Å². The van der Waals surface area contributed by atoms with Gasteiger partial charge in [-0.25, -0.2) is 0 Å². The van der Waals surface area contributed by atoms with E-state index in [1.807, 2.05) is 12.4 Å². The second-order valence-electron chi connectivity index (χ2n) is 7.03. The Labute approximate surface area is 171 Å². The summed E-state index contributed by atoms with van der Waals surface area (Å²) in [7, 11) is 0. The highest BCUT2D eigenvalue weighted by molar-refractivity contribution is 5.91. The van der Waals surface area contributed by atoms with Crippen LogP contribution in [0.3, 0.4) is 0 Å². The van der Waals surface area contributed by atoms with Crippen LogP contribution >= 0.6 is 0 Å². The van der Waals surface area contributed by atoms with Crippen LogP contribution in [0.1, 0.15) is 11.1 Å². The first-order valence-corrected chi connectivity index (χ1v) is 10.1. The Morgan fingerprint density at radius 1 is 0.552 bits per heavy atom. The van der Waals surface area contributed by atoms with Gasteiger partial charge >= 0.3 is 0 Å². The van der Waals surface area contributed by atoms with Crippen LogP contribution in [0.15, 0.2) is 94.9 Å². The predicted molar refractivity (Wildman–Crippen MR) is 126 cm³/mol. The van der Waals surface area contributed by atoms with Gasteiger partial charge in [-0.3, -0.25) is 9.98 Å². The summed E-state index contributed by atoms with van der Waals surface area (Å²) in [5.41, 5.74) is 2.28. The topological polar surface area (TPSA) is 36.8 Å². The lowest BCUT2D eigenvalue weighted by Gasteiger charge is -2.01. The Morgan fingerprint density at radius 2 is 1.00 bits per heavy atom. The molecule has 3 heteroatoms. The van der Waals surface area contributed by atoms with Gasteiger partial charge in [0.2, 0.25) is 0 Å². The lowest BCUT2D eigenvalue weighted by atomic mass is 10.1. The first kappa shape index (κ1) is 19.0. The van der Waals surface area contributed by atoms with E-state index in [4.69, 9.17) is 0 Å². The van der Waals surface area contributed by atoms with Gasteiger partial charge in [0.1, 0.15) is 0 Å². The molecular weight excluding hydrogens is 354 g/mol. The summed E-state index contributed by atoms with van der Waals surface area (Å²) in [6.45, 7) is 3.24. The molecule has 3 nitrogen and oxygen atoms in total. The largest absolute Gasteiger partial charge is 0.313 e. The third kappa shape index (κ3) is 5.37. The van der Waals surface area contributed by atoms with E-state index >= 15 is 0 Å². The van der Waals surface area contributed by atoms with Gasteiger partial charge in [0.15, 0.2) is 0 Å². The highest BCUT2D eigenvalue weighted by Crippen LogP contribution is 2.15. The van der Waals surface area contributed by atoms with Crippen molar-refractivity contribution >= 4 is 34.0 Å². The predicted octanol–water partition coefficient (Wildman–Crippen LogP) is 5.12. The average molecular weight is 380 g/mol. The Kier molecular flexibility index (Phi) is 6.41. The number of aliphatic imine (C=N–C) groups is 2. The quantitative estimate of drug-likeness (QED) is 0.335. The fourth-order valence-electron chi connectivity index (χ4n) is 3.33. The minimum absolute atomic E-state index is 0.765. The maximum Gasteiger partial charge on any atom is 0.0514 e. The van der Waals surface area contributed by atoms with E-state index in [2.05, 4.69) is 100 Å². The van der Waals surface area contributed by atoms with Crippen molar-refractivity contribution in [3.8, 4) is 0 Å². The normalized spacial score (nSPS) is 11.9. The van der Waals surface area contributed by atoms with Gasteiger partial charge in [-0.15, -0.1) is 0 Å². The van der Waals surface area contributed by atoms with E-state index in [1.165, 1.54) is 21.5 Å². The molecule has 29 heavy (non-hydrogen) atoms. The second-order valence-corrected chi connectivity index (χ2v) is 7.03. The number of hydrogen-bond acceptors (Lipinski definition) is 3. The van der Waals surface area contributed by atoms with E-state index in [0.717, 1.165) is 37.3 Å². The molecule has 4 aromatic rings. The zero-order valence-corrected chi connectivity index (χ0v) is 16.5. The van der Waals surface area contributed by atoms with Crippen LogP contribution in [-0.4, -0.2) is 38.6 Å². The maximum absolute atomic E-state index is 4.52. The molecule has 0 saturated heterocycles. The van der Waals surface area contributed by atoms with Crippen molar-refractivity contribution in [3.63, 3.8) is 0 Å². The van der Waals surface area contributed by atoms with Gasteiger partial charge in [-0.1, -0.05) is 72.8 Å². The summed E-state index contributed by atoms with van der Waals surface area (Å²) in [5, 5.41) is 8.41. The Hall–Kier alpha value is -3.30. The van der Waals surface area contributed by atoms with Crippen molar-refractivity contribution < 1.29 is 0 Å². The molecular formula is C26H25N3. The molecule has 144 valence electrons. The smallest absolute Gasteiger partial charge is 0.0514 e. The van der Waals surface area contributed by atoms with Crippen LogP contribution in [0, 0.1) is 0 Å². The minimum atomic E-state index is 0.765. The van der Waals surface area contributed by atoms with Crippen LogP contribution in [0.25, 0.3) is 21.5 Å². The molecule has 0 spiro atoms. The molecule has 0 aromatic heterocycles. The van der Waals surface area contributed by atoms with Crippen LogP contribution in [0.2, 0.25) is 0 Å². The molecule has 1 N–H and O–H groups in total. The summed E-state index contributed by atoms with van der Waals surface area (Å²) >= 11 is 0. The Morgan fingerprint density at radius 3 is 1.48 bits per heavy atom. The summed E-state index contributed by atoms with van der Waals surface area (Å²) in [6, 6.07) is 29.6.